The molecule has 0 aliphatic heterocycles. The predicted molar refractivity (Wildman–Crippen MR) is 69.6 cm³/mol. The summed E-state index contributed by atoms with van der Waals surface area (Å²) in [5, 5.41) is 2.30. The lowest BCUT2D eigenvalue weighted by Crippen LogP contribution is -2.08. The molecule has 0 unspecified atom stereocenters. The summed E-state index contributed by atoms with van der Waals surface area (Å²) in [6, 6.07) is 7.53. The minimum atomic E-state index is -4.12. The second-order valence-electron chi connectivity index (χ2n) is 3.75. The van der Waals surface area contributed by atoms with Gasteiger partial charge in [-0.25, -0.2) is 4.98 Å². The summed E-state index contributed by atoms with van der Waals surface area (Å²) in [6.45, 7) is 0. The molecule has 0 bridgehead atoms. The fourth-order valence-electron chi connectivity index (χ4n) is 1.45. The summed E-state index contributed by atoms with van der Waals surface area (Å²) in [5.41, 5.74) is 1.62. The smallest absolute Gasteiger partial charge is 0.241 e. The highest BCUT2D eigenvalue weighted by Gasteiger charge is 2.27. The Labute approximate surface area is 115 Å². The SMILES string of the molecule is FC(F)(F)CCc1nc(-c2cccc(Br)c2)cs1. The van der Waals surface area contributed by atoms with Gasteiger partial charge >= 0.3 is 6.18 Å². The minimum Gasteiger partial charge on any atom is -0.241 e. The lowest BCUT2D eigenvalue weighted by molar-refractivity contribution is -0.133. The monoisotopic (exact) mass is 335 g/mol. The van der Waals surface area contributed by atoms with Crippen molar-refractivity contribution in [3.05, 3.63) is 39.1 Å². The van der Waals surface area contributed by atoms with Crippen molar-refractivity contribution in [2.45, 2.75) is 19.0 Å². The van der Waals surface area contributed by atoms with E-state index in [1.807, 2.05) is 24.3 Å². The van der Waals surface area contributed by atoms with Crippen LogP contribution in [0.3, 0.4) is 0 Å². The Morgan fingerprint density at radius 3 is 2.72 bits per heavy atom. The van der Waals surface area contributed by atoms with Crippen LogP contribution >= 0.6 is 27.3 Å². The van der Waals surface area contributed by atoms with Crippen LogP contribution in [0.2, 0.25) is 0 Å². The molecule has 0 spiro atoms. The Bertz CT molecular complexity index is 536. The molecule has 0 aliphatic carbocycles. The summed E-state index contributed by atoms with van der Waals surface area (Å²) in [7, 11) is 0. The average molecular weight is 336 g/mol. The predicted octanol–water partition coefficient (Wildman–Crippen LogP) is 5.07. The number of rotatable bonds is 3. The van der Waals surface area contributed by atoms with E-state index < -0.39 is 12.6 Å². The molecule has 2 aromatic rings. The third-order valence-electron chi connectivity index (χ3n) is 2.29. The first kappa shape index (κ1) is 13.5. The van der Waals surface area contributed by atoms with Crippen molar-refractivity contribution in [3.63, 3.8) is 0 Å². The van der Waals surface area contributed by atoms with E-state index in [0.29, 0.717) is 5.01 Å². The van der Waals surface area contributed by atoms with Crippen LogP contribution in [0.25, 0.3) is 11.3 Å². The third-order valence-corrected chi connectivity index (χ3v) is 3.70. The molecular weight excluding hydrogens is 327 g/mol. The van der Waals surface area contributed by atoms with Crippen LogP contribution in [0.4, 0.5) is 13.2 Å². The number of aryl methyl sites for hydroxylation is 1. The van der Waals surface area contributed by atoms with Gasteiger partial charge in [0.1, 0.15) is 0 Å². The molecule has 2 rings (SSSR count). The number of hydrogen-bond donors (Lipinski definition) is 0. The number of hydrogen-bond acceptors (Lipinski definition) is 2. The zero-order valence-electron chi connectivity index (χ0n) is 9.17. The average Bonchev–Trinajstić information content (AvgIpc) is 2.74. The molecule has 1 aromatic carbocycles. The highest BCUT2D eigenvalue weighted by molar-refractivity contribution is 9.10. The van der Waals surface area contributed by atoms with Gasteiger partial charge in [-0.2, -0.15) is 13.2 Å². The van der Waals surface area contributed by atoms with Crippen LogP contribution < -0.4 is 0 Å². The van der Waals surface area contributed by atoms with Crippen molar-refractivity contribution in [3.8, 4) is 11.3 Å². The summed E-state index contributed by atoms with van der Waals surface area (Å²) in [5.74, 6) is 0. The van der Waals surface area contributed by atoms with Gasteiger partial charge in [0.2, 0.25) is 0 Å². The van der Waals surface area contributed by atoms with E-state index >= 15 is 0 Å². The second kappa shape index (κ2) is 5.40. The Kier molecular flexibility index (Phi) is 4.07. The highest BCUT2D eigenvalue weighted by atomic mass is 79.9. The van der Waals surface area contributed by atoms with Gasteiger partial charge in [-0.1, -0.05) is 28.1 Å². The van der Waals surface area contributed by atoms with E-state index in [4.69, 9.17) is 0 Å². The second-order valence-corrected chi connectivity index (χ2v) is 5.61. The standard InChI is InChI=1S/C12H9BrF3NS/c13-9-3-1-2-8(6-9)10-7-18-11(17-10)4-5-12(14,15)16/h1-3,6-7H,4-5H2. The van der Waals surface area contributed by atoms with Crippen molar-refractivity contribution in [2.24, 2.45) is 0 Å². The quantitative estimate of drug-likeness (QED) is 0.763. The van der Waals surface area contributed by atoms with Crippen LogP contribution in [-0.2, 0) is 6.42 Å². The number of benzene rings is 1. The fraction of sp³-hybridized carbons (Fsp3) is 0.250. The maximum Gasteiger partial charge on any atom is 0.389 e. The zero-order valence-corrected chi connectivity index (χ0v) is 11.6. The molecule has 0 saturated heterocycles. The summed E-state index contributed by atoms with van der Waals surface area (Å²) >= 11 is 4.61. The summed E-state index contributed by atoms with van der Waals surface area (Å²) < 4.78 is 37.2. The molecule has 0 amide bonds. The van der Waals surface area contributed by atoms with Crippen LogP contribution in [0.1, 0.15) is 11.4 Å². The van der Waals surface area contributed by atoms with Crippen molar-refractivity contribution in [1.29, 1.82) is 0 Å². The highest BCUT2D eigenvalue weighted by Crippen LogP contribution is 2.27. The van der Waals surface area contributed by atoms with Crippen molar-refractivity contribution < 1.29 is 13.2 Å². The number of thiazole rings is 1. The van der Waals surface area contributed by atoms with Gasteiger partial charge in [0.25, 0.3) is 0 Å². The first-order valence-electron chi connectivity index (χ1n) is 5.21. The number of halogens is 4. The van der Waals surface area contributed by atoms with Gasteiger partial charge < -0.3 is 0 Å². The number of alkyl halides is 3. The molecule has 1 aromatic heterocycles. The van der Waals surface area contributed by atoms with Crippen LogP contribution in [0, 0.1) is 0 Å². The normalized spacial score (nSPS) is 11.8. The number of nitrogens with zero attached hydrogens (tertiary/aromatic N) is 1. The van der Waals surface area contributed by atoms with Crippen LogP contribution in [0.5, 0.6) is 0 Å². The van der Waals surface area contributed by atoms with Gasteiger partial charge in [-0.3, -0.25) is 0 Å². The molecule has 0 fully saturated rings. The van der Waals surface area contributed by atoms with Crippen molar-refractivity contribution in [1.82, 2.24) is 4.98 Å². The van der Waals surface area contributed by atoms with E-state index in [1.54, 1.807) is 5.38 Å². The molecule has 18 heavy (non-hydrogen) atoms. The minimum absolute atomic E-state index is 0.0534. The third kappa shape index (κ3) is 3.81. The lowest BCUT2D eigenvalue weighted by atomic mass is 10.2. The van der Waals surface area contributed by atoms with E-state index in [1.165, 1.54) is 11.3 Å². The number of aromatic nitrogens is 1. The molecular formula is C12H9BrF3NS. The maximum absolute atomic E-state index is 12.1. The topological polar surface area (TPSA) is 12.9 Å². The van der Waals surface area contributed by atoms with Gasteiger partial charge in [0, 0.05) is 28.3 Å². The van der Waals surface area contributed by atoms with E-state index in [2.05, 4.69) is 20.9 Å². The first-order chi connectivity index (χ1) is 8.44. The van der Waals surface area contributed by atoms with E-state index in [0.717, 1.165) is 15.7 Å². The van der Waals surface area contributed by atoms with Crippen LogP contribution in [-0.4, -0.2) is 11.2 Å². The van der Waals surface area contributed by atoms with Gasteiger partial charge in [0.15, 0.2) is 0 Å². The van der Waals surface area contributed by atoms with Crippen molar-refractivity contribution in [2.75, 3.05) is 0 Å². The molecule has 0 radical (unpaired) electrons. The molecule has 96 valence electrons. The Balaban J connectivity index is 2.11. The lowest BCUT2D eigenvalue weighted by Gasteiger charge is -2.03. The van der Waals surface area contributed by atoms with Gasteiger partial charge in [-0.15, -0.1) is 11.3 Å². The first-order valence-corrected chi connectivity index (χ1v) is 6.88. The largest absolute Gasteiger partial charge is 0.389 e. The molecule has 1 heterocycles. The van der Waals surface area contributed by atoms with Crippen LogP contribution in [0.15, 0.2) is 34.1 Å². The Morgan fingerprint density at radius 1 is 1.28 bits per heavy atom. The van der Waals surface area contributed by atoms with Crippen molar-refractivity contribution >= 4 is 27.3 Å². The molecule has 1 nitrogen and oxygen atoms in total. The van der Waals surface area contributed by atoms with Gasteiger partial charge in [-0.05, 0) is 12.1 Å². The molecule has 6 heteroatoms. The zero-order chi connectivity index (χ0) is 13.2. The summed E-state index contributed by atoms with van der Waals surface area (Å²) in [6.07, 6.45) is -5.00. The van der Waals surface area contributed by atoms with Gasteiger partial charge in [0.05, 0.1) is 10.7 Å². The molecule has 0 aliphatic rings. The molecule has 0 saturated carbocycles. The van der Waals surface area contributed by atoms with E-state index in [-0.39, 0.29) is 6.42 Å². The maximum atomic E-state index is 12.1. The van der Waals surface area contributed by atoms with E-state index in [9.17, 15) is 13.2 Å². The fourth-order valence-corrected chi connectivity index (χ4v) is 2.66. The molecule has 0 atom stereocenters. The Morgan fingerprint density at radius 2 is 2.06 bits per heavy atom. The summed E-state index contributed by atoms with van der Waals surface area (Å²) in [4.78, 5) is 4.22. The molecule has 0 N–H and O–H groups in total. The Hall–Kier alpha value is -0.880.